The van der Waals surface area contributed by atoms with Crippen molar-refractivity contribution in [2.24, 2.45) is 17.3 Å². The van der Waals surface area contributed by atoms with E-state index in [0.29, 0.717) is 5.41 Å². The maximum atomic E-state index is 3.64. The molecule has 0 aliphatic rings. The second-order valence-electron chi connectivity index (χ2n) is 7.73. The third kappa shape index (κ3) is 9.21. The van der Waals surface area contributed by atoms with Crippen LogP contribution in [0, 0.1) is 17.3 Å². The number of hydrogen-bond acceptors (Lipinski definition) is 1. The minimum Gasteiger partial charge on any atom is -0.312 e. The molecule has 1 N–H and O–H groups in total. The van der Waals surface area contributed by atoms with E-state index in [1.807, 2.05) is 0 Å². The van der Waals surface area contributed by atoms with Crippen LogP contribution in [0.1, 0.15) is 68.2 Å². The fraction of sp³-hybridized carbons (Fsp3) is 1.00. The Morgan fingerprint density at radius 3 is 1.75 bits per heavy atom. The van der Waals surface area contributed by atoms with E-state index in [0.717, 1.165) is 18.4 Å². The molecule has 0 aliphatic carbocycles. The monoisotopic (exact) mass is 227 g/mol. The first kappa shape index (κ1) is 16.0. The lowest BCUT2D eigenvalue weighted by atomic mass is 9.82. The van der Waals surface area contributed by atoms with Gasteiger partial charge >= 0.3 is 0 Å². The summed E-state index contributed by atoms with van der Waals surface area (Å²) in [6.45, 7) is 19.6. The van der Waals surface area contributed by atoms with E-state index in [2.05, 4.69) is 60.7 Å². The first-order valence-electron chi connectivity index (χ1n) is 6.76. The molecule has 1 nitrogen and oxygen atoms in total. The molecule has 0 amide bonds. The molecule has 0 spiro atoms. The highest BCUT2D eigenvalue weighted by atomic mass is 14.9. The Bertz CT molecular complexity index is 163. The summed E-state index contributed by atoms with van der Waals surface area (Å²) in [5.74, 6) is 1.58. The molecule has 0 fully saturated rings. The lowest BCUT2D eigenvalue weighted by Gasteiger charge is -2.29. The highest BCUT2D eigenvalue weighted by molar-refractivity contribution is 4.76. The van der Waals surface area contributed by atoms with Crippen molar-refractivity contribution in [2.75, 3.05) is 6.54 Å². The maximum absolute atomic E-state index is 3.64. The van der Waals surface area contributed by atoms with Gasteiger partial charge in [0, 0.05) is 5.54 Å². The molecule has 0 aromatic rings. The summed E-state index contributed by atoms with van der Waals surface area (Å²) < 4.78 is 0. The van der Waals surface area contributed by atoms with Gasteiger partial charge in [-0.15, -0.1) is 0 Å². The number of rotatable bonds is 5. The summed E-state index contributed by atoms with van der Waals surface area (Å²) >= 11 is 0. The van der Waals surface area contributed by atoms with Crippen molar-refractivity contribution in [1.82, 2.24) is 5.32 Å². The molecule has 16 heavy (non-hydrogen) atoms. The normalized spacial score (nSPS) is 15.6. The van der Waals surface area contributed by atoms with Crippen LogP contribution in [-0.2, 0) is 0 Å². The minimum atomic E-state index is 0.245. The van der Waals surface area contributed by atoms with Crippen LogP contribution in [0.5, 0.6) is 0 Å². The van der Waals surface area contributed by atoms with Crippen LogP contribution in [0.2, 0.25) is 0 Å². The van der Waals surface area contributed by atoms with Crippen molar-refractivity contribution in [3.05, 3.63) is 0 Å². The Labute approximate surface area is 103 Å². The van der Waals surface area contributed by atoms with E-state index >= 15 is 0 Å². The number of nitrogens with one attached hydrogen (secondary N) is 1. The molecule has 1 unspecified atom stereocenters. The minimum absolute atomic E-state index is 0.245. The van der Waals surface area contributed by atoms with Crippen molar-refractivity contribution < 1.29 is 0 Å². The SMILES string of the molecule is CC(C)C(CCC(C)(C)C)CNC(C)(C)C. The Hall–Kier alpha value is -0.0400. The van der Waals surface area contributed by atoms with Crippen LogP contribution >= 0.6 is 0 Å². The summed E-state index contributed by atoms with van der Waals surface area (Å²) in [5.41, 5.74) is 0.712. The Morgan fingerprint density at radius 2 is 1.44 bits per heavy atom. The topological polar surface area (TPSA) is 12.0 Å². The van der Waals surface area contributed by atoms with Crippen LogP contribution in [0.3, 0.4) is 0 Å². The van der Waals surface area contributed by atoms with Gasteiger partial charge in [0.2, 0.25) is 0 Å². The lowest BCUT2D eigenvalue weighted by Crippen LogP contribution is -2.40. The highest BCUT2D eigenvalue weighted by Gasteiger charge is 2.19. The zero-order valence-corrected chi connectivity index (χ0v) is 12.8. The quantitative estimate of drug-likeness (QED) is 0.730. The summed E-state index contributed by atoms with van der Waals surface area (Å²) in [7, 11) is 0. The molecule has 0 saturated carbocycles. The molecular formula is C15H33N. The molecule has 98 valence electrons. The fourth-order valence-corrected chi connectivity index (χ4v) is 1.73. The molecule has 0 aromatic heterocycles. The Balaban J connectivity index is 4.09. The van der Waals surface area contributed by atoms with Gasteiger partial charge < -0.3 is 5.32 Å². The van der Waals surface area contributed by atoms with Gasteiger partial charge in [0.1, 0.15) is 0 Å². The largest absolute Gasteiger partial charge is 0.312 e. The molecule has 0 heterocycles. The van der Waals surface area contributed by atoms with Crippen molar-refractivity contribution >= 4 is 0 Å². The van der Waals surface area contributed by atoms with Gasteiger partial charge in [0.15, 0.2) is 0 Å². The fourth-order valence-electron chi connectivity index (χ4n) is 1.73. The van der Waals surface area contributed by atoms with Gasteiger partial charge in [0.25, 0.3) is 0 Å². The molecule has 0 saturated heterocycles. The van der Waals surface area contributed by atoms with E-state index < -0.39 is 0 Å². The zero-order chi connectivity index (χ0) is 13.0. The standard InChI is InChI=1S/C15H33N/c1-12(2)13(9-10-14(3,4)5)11-16-15(6,7)8/h12-13,16H,9-11H2,1-8H3. The van der Waals surface area contributed by atoms with Crippen LogP contribution in [0.15, 0.2) is 0 Å². The van der Waals surface area contributed by atoms with Crippen LogP contribution in [0.4, 0.5) is 0 Å². The smallest absolute Gasteiger partial charge is 0.00966 e. The molecule has 1 heteroatoms. The lowest BCUT2D eigenvalue weighted by molar-refractivity contribution is 0.254. The van der Waals surface area contributed by atoms with E-state index in [9.17, 15) is 0 Å². The molecule has 0 aromatic carbocycles. The van der Waals surface area contributed by atoms with Crippen LogP contribution < -0.4 is 5.32 Å². The van der Waals surface area contributed by atoms with Gasteiger partial charge in [0.05, 0.1) is 0 Å². The summed E-state index contributed by atoms with van der Waals surface area (Å²) in [5, 5.41) is 3.64. The number of hydrogen-bond donors (Lipinski definition) is 1. The van der Waals surface area contributed by atoms with Gasteiger partial charge in [-0.1, -0.05) is 34.6 Å². The summed E-state index contributed by atoms with van der Waals surface area (Å²) in [4.78, 5) is 0. The van der Waals surface area contributed by atoms with E-state index in [4.69, 9.17) is 0 Å². The highest BCUT2D eigenvalue weighted by Crippen LogP contribution is 2.26. The Kier molecular flexibility index (Phi) is 6.03. The second-order valence-corrected chi connectivity index (χ2v) is 7.73. The van der Waals surface area contributed by atoms with E-state index in [1.165, 1.54) is 12.8 Å². The van der Waals surface area contributed by atoms with Crippen molar-refractivity contribution in [1.29, 1.82) is 0 Å². The second kappa shape index (κ2) is 6.05. The van der Waals surface area contributed by atoms with Gasteiger partial charge in [-0.2, -0.15) is 0 Å². The third-order valence-electron chi connectivity index (χ3n) is 3.10. The first-order chi connectivity index (χ1) is 7.01. The first-order valence-corrected chi connectivity index (χ1v) is 6.76. The predicted octanol–water partition coefficient (Wildman–Crippen LogP) is 4.47. The van der Waals surface area contributed by atoms with Gasteiger partial charge in [-0.05, 0) is 57.4 Å². The summed E-state index contributed by atoms with van der Waals surface area (Å²) in [6.07, 6.45) is 2.66. The molecule has 0 radical (unpaired) electrons. The average molecular weight is 227 g/mol. The van der Waals surface area contributed by atoms with E-state index in [-0.39, 0.29) is 5.54 Å². The maximum Gasteiger partial charge on any atom is 0.00966 e. The van der Waals surface area contributed by atoms with Crippen LogP contribution in [0.25, 0.3) is 0 Å². The van der Waals surface area contributed by atoms with Crippen molar-refractivity contribution in [2.45, 2.75) is 73.8 Å². The molecule has 0 bridgehead atoms. The van der Waals surface area contributed by atoms with Crippen LogP contribution in [-0.4, -0.2) is 12.1 Å². The third-order valence-corrected chi connectivity index (χ3v) is 3.10. The van der Waals surface area contributed by atoms with Crippen molar-refractivity contribution in [3.63, 3.8) is 0 Å². The zero-order valence-electron chi connectivity index (χ0n) is 12.8. The Morgan fingerprint density at radius 1 is 0.938 bits per heavy atom. The van der Waals surface area contributed by atoms with Crippen molar-refractivity contribution in [3.8, 4) is 0 Å². The summed E-state index contributed by atoms with van der Waals surface area (Å²) in [6, 6.07) is 0. The molecular weight excluding hydrogens is 194 g/mol. The molecule has 0 aliphatic heterocycles. The van der Waals surface area contributed by atoms with E-state index in [1.54, 1.807) is 0 Å². The molecule has 1 atom stereocenters. The van der Waals surface area contributed by atoms with Gasteiger partial charge in [-0.25, -0.2) is 0 Å². The van der Waals surface area contributed by atoms with Gasteiger partial charge in [-0.3, -0.25) is 0 Å². The predicted molar refractivity (Wildman–Crippen MR) is 74.8 cm³/mol. The molecule has 0 rings (SSSR count). The average Bonchev–Trinajstić information content (AvgIpc) is 1.98.